The molecule has 2 saturated heterocycles. The Morgan fingerprint density at radius 3 is 2.89 bits per heavy atom. The molecule has 2 unspecified atom stereocenters. The number of anilines is 1. The highest BCUT2D eigenvalue weighted by molar-refractivity contribution is 5.79. The van der Waals surface area contributed by atoms with Gasteiger partial charge in [0.2, 0.25) is 0 Å². The zero-order valence-electron chi connectivity index (χ0n) is 17.8. The maximum atomic E-state index is 5.36. The number of hydrogen-bond donors (Lipinski definition) is 2. The van der Waals surface area contributed by atoms with Crippen LogP contribution < -0.4 is 20.3 Å². The molecular weight excluding hydrogens is 350 g/mol. The number of nitrogens with one attached hydrogen (secondary N) is 2. The van der Waals surface area contributed by atoms with Crippen molar-refractivity contribution in [1.82, 2.24) is 15.5 Å². The van der Waals surface area contributed by atoms with Gasteiger partial charge in [0, 0.05) is 50.5 Å². The van der Waals surface area contributed by atoms with Crippen molar-refractivity contribution in [2.24, 2.45) is 10.9 Å². The summed E-state index contributed by atoms with van der Waals surface area (Å²) in [4.78, 5) is 9.91. The van der Waals surface area contributed by atoms with Crippen LogP contribution in [0.2, 0.25) is 0 Å². The molecule has 2 aliphatic rings. The Balaban J connectivity index is 1.50. The maximum Gasteiger partial charge on any atom is 0.191 e. The number of nitrogens with zero attached hydrogens (tertiary/aromatic N) is 3. The van der Waals surface area contributed by atoms with Gasteiger partial charge in [0.15, 0.2) is 5.96 Å². The number of rotatable bonds is 8. The Morgan fingerprint density at radius 1 is 1.21 bits per heavy atom. The molecule has 0 spiro atoms. The highest BCUT2D eigenvalue weighted by atomic mass is 16.5. The molecule has 0 radical (unpaired) electrons. The highest BCUT2D eigenvalue weighted by Gasteiger charge is 2.24. The second kappa shape index (κ2) is 10.6. The molecule has 28 heavy (non-hydrogen) atoms. The summed E-state index contributed by atoms with van der Waals surface area (Å²) in [6, 6.07) is 9.00. The summed E-state index contributed by atoms with van der Waals surface area (Å²) in [5.74, 6) is 2.48. The molecule has 2 heterocycles. The number of hydrogen-bond acceptors (Lipinski definition) is 4. The molecule has 0 amide bonds. The Bertz CT molecular complexity index is 635. The maximum absolute atomic E-state index is 5.36. The molecule has 0 bridgehead atoms. The van der Waals surface area contributed by atoms with E-state index in [1.165, 1.54) is 31.5 Å². The number of ether oxygens (including phenoxy) is 1. The third-order valence-corrected chi connectivity index (χ3v) is 5.97. The lowest BCUT2D eigenvalue weighted by atomic mass is 10.1. The molecule has 1 aromatic rings. The van der Waals surface area contributed by atoms with Gasteiger partial charge >= 0.3 is 0 Å². The van der Waals surface area contributed by atoms with E-state index in [0.717, 1.165) is 51.0 Å². The van der Waals surface area contributed by atoms with Crippen LogP contribution in [0.1, 0.15) is 33.1 Å². The van der Waals surface area contributed by atoms with Crippen LogP contribution in [-0.2, 0) is 0 Å². The average Bonchev–Trinajstić information content (AvgIpc) is 3.39. The Morgan fingerprint density at radius 2 is 2.11 bits per heavy atom. The van der Waals surface area contributed by atoms with Crippen molar-refractivity contribution in [3.63, 3.8) is 0 Å². The summed E-state index contributed by atoms with van der Waals surface area (Å²) in [5.41, 5.74) is 1.25. The molecule has 156 valence electrons. The van der Waals surface area contributed by atoms with Crippen molar-refractivity contribution in [1.29, 1.82) is 0 Å². The number of likely N-dealkylation sites (tertiary alicyclic amines) is 1. The summed E-state index contributed by atoms with van der Waals surface area (Å²) in [7, 11) is 1.72. The smallest absolute Gasteiger partial charge is 0.191 e. The first-order valence-electron chi connectivity index (χ1n) is 10.9. The second-order valence-electron chi connectivity index (χ2n) is 7.83. The molecule has 0 saturated carbocycles. The van der Waals surface area contributed by atoms with Gasteiger partial charge in [0.05, 0.1) is 7.11 Å². The monoisotopic (exact) mass is 387 g/mol. The molecular formula is C22H37N5O. The zero-order chi connectivity index (χ0) is 19.8. The minimum Gasteiger partial charge on any atom is -0.497 e. The Kier molecular flexibility index (Phi) is 7.83. The van der Waals surface area contributed by atoms with Crippen molar-refractivity contribution in [2.45, 2.75) is 39.2 Å². The van der Waals surface area contributed by atoms with Gasteiger partial charge in [0.25, 0.3) is 0 Å². The molecule has 6 heteroatoms. The SMILES string of the molecule is CCNC(=NCC1CCN(c2cccc(OC)c2)C1)NCC1CCCN1CC. The lowest BCUT2D eigenvalue weighted by Gasteiger charge is -2.24. The van der Waals surface area contributed by atoms with Gasteiger partial charge < -0.3 is 20.3 Å². The number of methoxy groups -OCH3 is 1. The molecule has 3 rings (SSSR count). The molecule has 6 nitrogen and oxygen atoms in total. The largest absolute Gasteiger partial charge is 0.497 e. The third-order valence-electron chi connectivity index (χ3n) is 5.97. The lowest BCUT2D eigenvalue weighted by molar-refractivity contribution is 0.267. The topological polar surface area (TPSA) is 52.1 Å². The van der Waals surface area contributed by atoms with E-state index in [9.17, 15) is 0 Å². The minimum atomic E-state index is 0.597. The van der Waals surface area contributed by atoms with Crippen LogP contribution >= 0.6 is 0 Å². The first kappa shape index (κ1) is 20.8. The Labute approximate surface area is 170 Å². The van der Waals surface area contributed by atoms with Gasteiger partial charge in [-0.05, 0) is 57.3 Å². The average molecular weight is 388 g/mol. The van der Waals surface area contributed by atoms with Crippen LogP contribution in [0, 0.1) is 5.92 Å². The fourth-order valence-electron chi connectivity index (χ4n) is 4.34. The van der Waals surface area contributed by atoms with Gasteiger partial charge in [-0.15, -0.1) is 0 Å². The van der Waals surface area contributed by atoms with Crippen LogP contribution in [0.25, 0.3) is 0 Å². The van der Waals surface area contributed by atoms with Crippen LogP contribution in [0.3, 0.4) is 0 Å². The zero-order valence-corrected chi connectivity index (χ0v) is 17.8. The van der Waals surface area contributed by atoms with E-state index >= 15 is 0 Å². The first-order chi connectivity index (χ1) is 13.7. The summed E-state index contributed by atoms with van der Waals surface area (Å²) in [5, 5.41) is 6.99. The summed E-state index contributed by atoms with van der Waals surface area (Å²) < 4.78 is 5.36. The van der Waals surface area contributed by atoms with Crippen molar-refractivity contribution in [3.05, 3.63) is 24.3 Å². The van der Waals surface area contributed by atoms with Crippen molar-refractivity contribution in [3.8, 4) is 5.75 Å². The van der Waals surface area contributed by atoms with Gasteiger partial charge in [0.1, 0.15) is 5.75 Å². The minimum absolute atomic E-state index is 0.597. The lowest BCUT2D eigenvalue weighted by Crippen LogP contribution is -2.45. The molecule has 2 fully saturated rings. The summed E-state index contributed by atoms with van der Waals surface area (Å²) in [6.45, 7) is 11.7. The molecule has 2 atom stereocenters. The first-order valence-corrected chi connectivity index (χ1v) is 10.9. The number of likely N-dealkylation sites (N-methyl/N-ethyl adjacent to an activating group) is 1. The highest BCUT2D eigenvalue weighted by Crippen LogP contribution is 2.27. The fraction of sp³-hybridized carbons (Fsp3) is 0.682. The Hall–Kier alpha value is -1.95. The van der Waals surface area contributed by atoms with Gasteiger partial charge in [-0.25, -0.2) is 0 Å². The van der Waals surface area contributed by atoms with E-state index in [0.29, 0.717) is 12.0 Å². The van der Waals surface area contributed by atoms with Crippen LogP contribution in [0.15, 0.2) is 29.3 Å². The molecule has 2 aliphatic heterocycles. The summed E-state index contributed by atoms with van der Waals surface area (Å²) >= 11 is 0. The van der Waals surface area contributed by atoms with Crippen molar-refractivity contribution in [2.75, 3.05) is 57.8 Å². The van der Waals surface area contributed by atoms with E-state index in [-0.39, 0.29) is 0 Å². The van der Waals surface area contributed by atoms with Crippen molar-refractivity contribution < 1.29 is 4.74 Å². The molecule has 0 aromatic heterocycles. The molecule has 2 N–H and O–H groups in total. The molecule has 1 aromatic carbocycles. The van der Waals surface area contributed by atoms with Gasteiger partial charge in [-0.3, -0.25) is 9.89 Å². The predicted octanol–water partition coefficient (Wildman–Crippen LogP) is 2.56. The standard InChI is InChI=1S/C22H37N5O/c1-4-23-22(25-16-20-9-7-12-26(20)5-2)24-15-18-11-13-27(17-18)19-8-6-10-21(14-19)28-3/h6,8,10,14,18,20H,4-5,7,9,11-13,15-17H2,1-3H3,(H2,23,24,25). The summed E-state index contributed by atoms with van der Waals surface area (Å²) in [6.07, 6.45) is 3.79. The van der Waals surface area contributed by atoms with E-state index < -0.39 is 0 Å². The van der Waals surface area contributed by atoms with Gasteiger partial charge in [-0.1, -0.05) is 13.0 Å². The van der Waals surface area contributed by atoms with Gasteiger partial charge in [-0.2, -0.15) is 0 Å². The van der Waals surface area contributed by atoms with E-state index in [4.69, 9.17) is 9.73 Å². The normalized spacial score (nSPS) is 23.2. The van der Waals surface area contributed by atoms with Crippen LogP contribution in [0.5, 0.6) is 5.75 Å². The number of guanidine groups is 1. The van der Waals surface area contributed by atoms with E-state index in [1.807, 2.05) is 6.07 Å². The van der Waals surface area contributed by atoms with E-state index in [1.54, 1.807) is 7.11 Å². The predicted molar refractivity (Wildman–Crippen MR) is 118 cm³/mol. The second-order valence-corrected chi connectivity index (χ2v) is 7.83. The molecule has 0 aliphatic carbocycles. The third kappa shape index (κ3) is 5.53. The van der Waals surface area contributed by atoms with Crippen LogP contribution in [0.4, 0.5) is 5.69 Å². The van der Waals surface area contributed by atoms with Crippen molar-refractivity contribution >= 4 is 11.6 Å². The quantitative estimate of drug-likeness (QED) is 0.530. The number of benzene rings is 1. The van der Waals surface area contributed by atoms with Crippen LogP contribution in [-0.4, -0.2) is 69.8 Å². The van der Waals surface area contributed by atoms with E-state index in [2.05, 4.69) is 52.5 Å². The fourth-order valence-corrected chi connectivity index (χ4v) is 4.34. The number of aliphatic imine (C=N–C) groups is 1.